The fourth-order valence-corrected chi connectivity index (χ4v) is 4.00. The van der Waals surface area contributed by atoms with Crippen molar-refractivity contribution in [3.05, 3.63) is 35.4 Å². The van der Waals surface area contributed by atoms with Gasteiger partial charge in [0.25, 0.3) is 0 Å². The zero-order valence-electron chi connectivity index (χ0n) is 16.3. The Kier molecular flexibility index (Phi) is 4.30. The molecule has 0 radical (unpaired) electrons. The van der Waals surface area contributed by atoms with Crippen molar-refractivity contribution in [3.63, 3.8) is 0 Å². The van der Waals surface area contributed by atoms with E-state index in [9.17, 15) is 4.79 Å². The Morgan fingerprint density at radius 3 is 2.85 bits per heavy atom. The lowest BCUT2D eigenvalue weighted by Crippen LogP contribution is -2.43. The minimum Gasteiger partial charge on any atom is -0.344 e. The number of aryl methyl sites for hydroxylation is 1. The molecule has 2 saturated carbocycles. The molecule has 0 unspecified atom stereocenters. The molecule has 2 N–H and O–H groups in total. The van der Waals surface area contributed by atoms with Crippen LogP contribution in [0, 0.1) is 18.8 Å². The average molecular weight is 354 g/mol. The third-order valence-corrected chi connectivity index (χ3v) is 5.77. The molecule has 5 heteroatoms. The molecule has 2 aliphatic rings. The Hall–Kier alpha value is -1.88. The minimum atomic E-state index is -0.494. The maximum atomic E-state index is 12.7. The number of hydrogen-bond acceptors (Lipinski definition) is 3. The van der Waals surface area contributed by atoms with Crippen LogP contribution in [0.3, 0.4) is 0 Å². The Labute approximate surface area is 155 Å². The van der Waals surface area contributed by atoms with Crippen molar-refractivity contribution in [2.45, 2.75) is 58.4 Å². The van der Waals surface area contributed by atoms with Crippen molar-refractivity contribution in [1.29, 1.82) is 0 Å². The van der Waals surface area contributed by atoms with Crippen molar-refractivity contribution in [2.24, 2.45) is 11.8 Å². The van der Waals surface area contributed by atoms with E-state index in [4.69, 9.17) is 4.98 Å². The highest BCUT2D eigenvalue weighted by Crippen LogP contribution is 2.43. The molecule has 0 aliphatic heterocycles. The quantitative estimate of drug-likeness (QED) is 0.803. The molecule has 0 spiro atoms. The SMILES string of the molecule is CCNC[C@H]1C[C@@H]1C(=O)NC(C)(C)c1nc(C2CC2)c2c(C)cccn12. The molecule has 2 atom stereocenters. The van der Waals surface area contributed by atoms with Gasteiger partial charge in [-0.25, -0.2) is 4.98 Å². The number of pyridine rings is 1. The van der Waals surface area contributed by atoms with Crippen LogP contribution in [0.4, 0.5) is 0 Å². The Morgan fingerprint density at radius 1 is 1.38 bits per heavy atom. The van der Waals surface area contributed by atoms with E-state index < -0.39 is 5.54 Å². The van der Waals surface area contributed by atoms with Crippen LogP contribution in [0.5, 0.6) is 0 Å². The van der Waals surface area contributed by atoms with Gasteiger partial charge >= 0.3 is 0 Å². The molecule has 2 fully saturated rings. The van der Waals surface area contributed by atoms with E-state index in [-0.39, 0.29) is 11.8 Å². The second kappa shape index (κ2) is 6.38. The van der Waals surface area contributed by atoms with Crippen molar-refractivity contribution in [1.82, 2.24) is 20.0 Å². The van der Waals surface area contributed by atoms with E-state index >= 15 is 0 Å². The highest BCUT2D eigenvalue weighted by molar-refractivity contribution is 5.82. The zero-order chi connectivity index (χ0) is 18.5. The van der Waals surface area contributed by atoms with Crippen LogP contribution in [-0.4, -0.2) is 28.4 Å². The molecule has 26 heavy (non-hydrogen) atoms. The van der Waals surface area contributed by atoms with Crippen molar-refractivity contribution in [3.8, 4) is 0 Å². The zero-order valence-corrected chi connectivity index (χ0v) is 16.3. The van der Waals surface area contributed by atoms with Gasteiger partial charge in [-0.2, -0.15) is 0 Å². The van der Waals surface area contributed by atoms with Gasteiger partial charge in [-0.1, -0.05) is 13.0 Å². The summed E-state index contributed by atoms with van der Waals surface area (Å²) >= 11 is 0. The molecular formula is C21H30N4O. The maximum absolute atomic E-state index is 12.7. The molecule has 1 amide bonds. The van der Waals surface area contributed by atoms with Crippen LogP contribution in [0.25, 0.3) is 5.52 Å². The Bertz CT molecular complexity index is 834. The normalized spacial score (nSPS) is 22.6. The van der Waals surface area contributed by atoms with Gasteiger partial charge in [0.1, 0.15) is 5.82 Å². The van der Waals surface area contributed by atoms with Crippen LogP contribution in [0.2, 0.25) is 0 Å². The number of carbonyl (C=O) groups excluding carboxylic acids is 1. The van der Waals surface area contributed by atoms with Crippen LogP contribution in [0.15, 0.2) is 18.3 Å². The fraction of sp³-hybridized carbons (Fsp3) is 0.619. The predicted molar refractivity (Wildman–Crippen MR) is 103 cm³/mol. The van der Waals surface area contributed by atoms with E-state index in [1.54, 1.807) is 0 Å². The topological polar surface area (TPSA) is 58.4 Å². The highest BCUT2D eigenvalue weighted by atomic mass is 16.2. The van der Waals surface area contributed by atoms with Gasteiger partial charge in [0.05, 0.1) is 16.7 Å². The fourth-order valence-electron chi connectivity index (χ4n) is 4.00. The van der Waals surface area contributed by atoms with E-state index in [1.165, 1.54) is 29.6 Å². The smallest absolute Gasteiger partial charge is 0.224 e. The summed E-state index contributed by atoms with van der Waals surface area (Å²) in [4.78, 5) is 17.8. The molecule has 4 rings (SSSR count). The number of nitrogens with one attached hydrogen (secondary N) is 2. The molecule has 140 valence electrons. The van der Waals surface area contributed by atoms with Gasteiger partial charge in [-0.3, -0.25) is 4.79 Å². The van der Waals surface area contributed by atoms with Gasteiger partial charge in [0.2, 0.25) is 5.91 Å². The molecular weight excluding hydrogens is 324 g/mol. The summed E-state index contributed by atoms with van der Waals surface area (Å²) < 4.78 is 2.19. The molecule has 2 heterocycles. The van der Waals surface area contributed by atoms with Gasteiger partial charge in [0, 0.05) is 18.0 Å². The van der Waals surface area contributed by atoms with Crippen LogP contribution >= 0.6 is 0 Å². The monoisotopic (exact) mass is 354 g/mol. The predicted octanol–water partition coefficient (Wildman–Crippen LogP) is 3.12. The summed E-state index contributed by atoms with van der Waals surface area (Å²) in [5, 5.41) is 6.62. The first kappa shape index (κ1) is 17.5. The van der Waals surface area contributed by atoms with Gasteiger partial charge in [0.15, 0.2) is 0 Å². The lowest BCUT2D eigenvalue weighted by atomic mass is 10.0. The van der Waals surface area contributed by atoms with Crippen LogP contribution < -0.4 is 10.6 Å². The number of rotatable bonds is 7. The number of nitrogens with zero attached hydrogens (tertiary/aromatic N) is 2. The maximum Gasteiger partial charge on any atom is 0.224 e. The number of imidazole rings is 1. The third kappa shape index (κ3) is 3.13. The lowest BCUT2D eigenvalue weighted by Gasteiger charge is -2.25. The molecule has 5 nitrogen and oxygen atoms in total. The van der Waals surface area contributed by atoms with Gasteiger partial charge in [-0.05, 0) is 70.7 Å². The third-order valence-electron chi connectivity index (χ3n) is 5.77. The number of aromatic nitrogens is 2. The first-order valence-corrected chi connectivity index (χ1v) is 9.93. The Morgan fingerprint density at radius 2 is 2.15 bits per heavy atom. The second-order valence-electron chi connectivity index (χ2n) is 8.53. The number of fused-ring (bicyclic) bond motifs is 1. The summed E-state index contributed by atoms with van der Waals surface area (Å²) in [6.07, 6.45) is 5.52. The van der Waals surface area contributed by atoms with Crippen molar-refractivity contribution in [2.75, 3.05) is 13.1 Å². The molecule has 0 saturated heterocycles. The summed E-state index contributed by atoms with van der Waals surface area (Å²) in [5.74, 6) is 2.31. The summed E-state index contributed by atoms with van der Waals surface area (Å²) in [6.45, 7) is 10.3. The van der Waals surface area contributed by atoms with Gasteiger partial charge < -0.3 is 15.0 Å². The summed E-state index contributed by atoms with van der Waals surface area (Å²) in [6, 6.07) is 4.21. The van der Waals surface area contributed by atoms with Crippen LogP contribution in [-0.2, 0) is 10.3 Å². The average Bonchev–Trinajstić information content (AvgIpc) is 3.50. The molecule has 2 aliphatic carbocycles. The molecule has 0 aromatic carbocycles. The first-order chi connectivity index (χ1) is 12.4. The standard InChI is InChI=1S/C21H30N4O/c1-5-22-12-15-11-16(15)19(26)24-21(3,4)20-23-17(14-8-9-14)18-13(2)7-6-10-25(18)20/h6-7,10,14-16,22H,5,8-9,11-12H2,1-4H3,(H,24,26)/t15-,16+/m1/s1. The second-order valence-corrected chi connectivity index (χ2v) is 8.53. The summed E-state index contributed by atoms with van der Waals surface area (Å²) in [5.41, 5.74) is 3.19. The van der Waals surface area contributed by atoms with E-state index in [1.807, 2.05) is 0 Å². The largest absolute Gasteiger partial charge is 0.344 e. The van der Waals surface area contributed by atoms with Gasteiger partial charge in [-0.15, -0.1) is 0 Å². The van der Waals surface area contributed by atoms with Crippen molar-refractivity contribution >= 4 is 11.4 Å². The summed E-state index contributed by atoms with van der Waals surface area (Å²) in [7, 11) is 0. The lowest BCUT2D eigenvalue weighted by molar-refractivity contribution is -0.124. The van der Waals surface area contributed by atoms with E-state index in [0.717, 1.165) is 25.3 Å². The van der Waals surface area contributed by atoms with Crippen LogP contribution in [0.1, 0.15) is 63.0 Å². The molecule has 2 aromatic heterocycles. The minimum absolute atomic E-state index is 0.143. The number of amides is 1. The molecule has 2 aromatic rings. The van der Waals surface area contributed by atoms with E-state index in [0.29, 0.717) is 11.8 Å². The highest BCUT2D eigenvalue weighted by Gasteiger charge is 2.44. The first-order valence-electron chi connectivity index (χ1n) is 9.93. The Balaban J connectivity index is 1.58. The van der Waals surface area contributed by atoms with E-state index in [2.05, 4.69) is 61.1 Å². The number of carbonyl (C=O) groups is 1. The molecule has 0 bridgehead atoms. The number of hydrogen-bond donors (Lipinski definition) is 2. The van der Waals surface area contributed by atoms with Crippen molar-refractivity contribution < 1.29 is 4.79 Å².